The lowest BCUT2D eigenvalue weighted by Crippen LogP contribution is -2.44. The number of carbonyl (C=O) groups excluding carboxylic acids is 2. The average molecular weight is 340 g/mol. The number of ether oxygens (including phenoxy) is 1. The molecular formula is C20H37NO3. The first-order valence-corrected chi connectivity index (χ1v) is 10.1. The predicted octanol–water partition coefficient (Wildman–Crippen LogP) is 4.71. The van der Waals surface area contributed by atoms with Gasteiger partial charge in [0.2, 0.25) is 0 Å². The van der Waals surface area contributed by atoms with Gasteiger partial charge < -0.3 is 4.74 Å². The summed E-state index contributed by atoms with van der Waals surface area (Å²) < 4.78 is 4.63. The topological polar surface area (TPSA) is 46.6 Å². The fourth-order valence-corrected chi connectivity index (χ4v) is 3.51. The SMILES string of the molecule is CCCCCCCCC(CCCCCC)CN1CC(=O)OC(=O)C1. The zero-order valence-corrected chi connectivity index (χ0v) is 15.9. The molecule has 4 heteroatoms. The third-order valence-electron chi connectivity index (χ3n) is 4.88. The molecule has 0 radical (unpaired) electrons. The van der Waals surface area contributed by atoms with Crippen molar-refractivity contribution in [3.8, 4) is 0 Å². The van der Waals surface area contributed by atoms with Crippen LogP contribution in [-0.4, -0.2) is 36.5 Å². The molecule has 0 saturated carbocycles. The van der Waals surface area contributed by atoms with Gasteiger partial charge in [-0.1, -0.05) is 78.1 Å². The van der Waals surface area contributed by atoms with Gasteiger partial charge in [0.05, 0.1) is 13.1 Å². The van der Waals surface area contributed by atoms with E-state index in [1.807, 2.05) is 4.90 Å². The Morgan fingerprint density at radius 2 is 1.25 bits per heavy atom. The van der Waals surface area contributed by atoms with Crippen LogP contribution in [0.1, 0.15) is 90.9 Å². The van der Waals surface area contributed by atoms with Gasteiger partial charge in [0, 0.05) is 6.54 Å². The van der Waals surface area contributed by atoms with Gasteiger partial charge >= 0.3 is 11.9 Å². The Bertz CT molecular complexity index is 341. The van der Waals surface area contributed by atoms with Crippen molar-refractivity contribution in [1.82, 2.24) is 4.90 Å². The van der Waals surface area contributed by atoms with E-state index in [4.69, 9.17) is 0 Å². The van der Waals surface area contributed by atoms with Crippen molar-refractivity contribution in [1.29, 1.82) is 0 Å². The molecule has 0 aromatic rings. The van der Waals surface area contributed by atoms with Crippen molar-refractivity contribution in [2.24, 2.45) is 5.92 Å². The lowest BCUT2D eigenvalue weighted by atomic mass is 9.93. The number of cyclic esters (lactones) is 2. The smallest absolute Gasteiger partial charge is 0.327 e. The molecule has 1 aliphatic heterocycles. The van der Waals surface area contributed by atoms with Crippen LogP contribution in [0.3, 0.4) is 0 Å². The van der Waals surface area contributed by atoms with Crippen molar-refractivity contribution in [3.05, 3.63) is 0 Å². The Hall–Kier alpha value is -0.900. The van der Waals surface area contributed by atoms with Crippen LogP contribution in [0.15, 0.2) is 0 Å². The fraction of sp³-hybridized carbons (Fsp3) is 0.900. The molecule has 1 unspecified atom stereocenters. The van der Waals surface area contributed by atoms with Gasteiger partial charge in [-0.2, -0.15) is 0 Å². The summed E-state index contributed by atoms with van der Waals surface area (Å²) in [5.41, 5.74) is 0. The summed E-state index contributed by atoms with van der Waals surface area (Å²) >= 11 is 0. The van der Waals surface area contributed by atoms with E-state index < -0.39 is 11.9 Å². The van der Waals surface area contributed by atoms with E-state index >= 15 is 0 Å². The first-order valence-electron chi connectivity index (χ1n) is 10.1. The normalized spacial score (nSPS) is 17.1. The molecule has 0 bridgehead atoms. The first-order chi connectivity index (χ1) is 11.7. The fourth-order valence-electron chi connectivity index (χ4n) is 3.51. The molecule has 140 valence electrons. The molecule has 1 aliphatic rings. The monoisotopic (exact) mass is 339 g/mol. The van der Waals surface area contributed by atoms with E-state index in [2.05, 4.69) is 18.6 Å². The van der Waals surface area contributed by atoms with E-state index in [-0.39, 0.29) is 13.1 Å². The molecular weight excluding hydrogens is 302 g/mol. The molecule has 0 spiro atoms. The summed E-state index contributed by atoms with van der Waals surface area (Å²) in [6.45, 7) is 5.89. The number of carbonyl (C=O) groups is 2. The average Bonchev–Trinajstić information content (AvgIpc) is 2.53. The lowest BCUT2D eigenvalue weighted by Gasteiger charge is -2.28. The van der Waals surface area contributed by atoms with Gasteiger partial charge in [0.1, 0.15) is 0 Å². The second kappa shape index (κ2) is 13.4. The quantitative estimate of drug-likeness (QED) is 0.261. The lowest BCUT2D eigenvalue weighted by molar-refractivity contribution is -0.167. The largest absolute Gasteiger partial charge is 0.391 e. The number of nitrogens with zero attached hydrogens (tertiary/aromatic N) is 1. The highest BCUT2D eigenvalue weighted by atomic mass is 16.6. The summed E-state index contributed by atoms with van der Waals surface area (Å²) in [6.07, 6.45) is 15.5. The number of hydrogen-bond acceptors (Lipinski definition) is 4. The number of rotatable bonds is 14. The summed E-state index contributed by atoms with van der Waals surface area (Å²) in [4.78, 5) is 24.9. The highest BCUT2D eigenvalue weighted by Crippen LogP contribution is 2.20. The van der Waals surface area contributed by atoms with Crippen LogP contribution in [0, 0.1) is 5.92 Å². The number of esters is 2. The second-order valence-corrected chi connectivity index (χ2v) is 7.29. The Morgan fingerprint density at radius 3 is 1.79 bits per heavy atom. The minimum Gasteiger partial charge on any atom is -0.391 e. The predicted molar refractivity (Wildman–Crippen MR) is 97.8 cm³/mol. The van der Waals surface area contributed by atoms with E-state index in [1.165, 1.54) is 77.0 Å². The first kappa shape index (κ1) is 21.1. The van der Waals surface area contributed by atoms with Gasteiger partial charge in [0.15, 0.2) is 0 Å². The molecule has 1 atom stereocenters. The second-order valence-electron chi connectivity index (χ2n) is 7.29. The maximum atomic E-state index is 11.4. The van der Waals surface area contributed by atoms with Gasteiger partial charge in [-0.15, -0.1) is 0 Å². The molecule has 1 heterocycles. The summed E-state index contributed by atoms with van der Waals surface area (Å²) in [7, 11) is 0. The molecule has 24 heavy (non-hydrogen) atoms. The maximum Gasteiger partial charge on any atom is 0.327 e. The highest BCUT2D eigenvalue weighted by molar-refractivity contribution is 5.90. The summed E-state index contributed by atoms with van der Waals surface area (Å²) in [5.74, 6) is -0.183. The number of hydrogen-bond donors (Lipinski definition) is 0. The Balaban J connectivity index is 2.33. The zero-order chi connectivity index (χ0) is 17.6. The number of unbranched alkanes of at least 4 members (excludes halogenated alkanes) is 8. The van der Waals surface area contributed by atoms with Crippen LogP contribution in [0.25, 0.3) is 0 Å². The van der Waals surface area contributed by atoms with Crippen molar-refractivity contribution < 1.29 is 14.3 Å². The van der Waals surface area contributed by atoms with E-state index in [1.54, 1.807) is 0 Å². The van der Waals surface area contributed by atoms with Crippen molar-refractivity contribution in [3.63, 3.8) is 0 Å². The van der Waals surface area contributed by atoms with Crippen LogP contribution in [0.2, 0.25) is 0 Å². The van der Waals surface area contributed by atoms with Crippen LogP contribution < -0.4 is 0 Å². The zero-order valence-electron chi connectivity index (χ0n) is 15.9. The summed E-state index contributed by atoms with van der Waals surface area (Å²) in [6, 6.07) is 0. The third-order valence-corrected chi connectivity index (χ3v) is 4.88. The van der Waals surface area contributed by atoms with Crippen molar-refractivity contribution >= 4 is 11.9 Å². The van der Waals surface area contributed by atoms with E-state index in [0.717, 1.165) is 6.54 Å². The van der Waals surface area contributed by atoms with Crippen molar-refractivity contribution in [2.75, 3.05) is 19.6 Å². The minimum absolute atomic E-state index is 0.272. The van der Waals surface area contributed by atoms with E-state index in [0.29, 0.717) is 5.92 Å². The minimum atomic E-state index is -0.393. The van der Waals surface area contributed by atoms with Crippen LogP contribution in [0.4, 0.5) is 0 Å². The Morgan fingerprint density at radius 1 is 0.792 bits per heavy atom. The Kier molecular flexibility index (Phi) is 11.8. The molecule has 0 aromatic carbocycles. The standard InChI is InChI=1S/C20H37NO3/c1-3-5-7-9-10-12-14-18(13-11-8-6-4-2)15-21-16-19(22)24-20(23)17-21/h18H,3-17H2,1-2H3. The maximum absolute atomic E-state index is 11.4. The van der Waals surface area contributed by atoms with Crippen LogP contribution in [-0.2, 0) is 14.3 Å². The van der Waals surface area contributed by atoms with Crippen LogP contribution >= 0.6 is 0 Å². The van der Waals surface area contributed by atoms with Gasteiger partial charge in [-0.25, -0.2) is 0 Å². The number of morpholine rings is 1. The van der Waals surface area contributed by atoms with Crippen LogP contribution in [0.5, 0.6) is 0 Å². The molecule has 0 aromatic heterocycles. The van der Waals surface area contributed by atoms with Gasteiger partial charge in [-0.05, 0) is 18.8 Å². The van der Waals surface area contributed by atoms with Crippen molar-refractivity contribution in [2.45, 2.75) is 90.9 Å². The summed E-state index contributed by atoms with van der Waals surface area (Å²) in [5, 5.41) is 0. The molecule has 0 aliphatic carbocycles. The molecule has 0 amide bonds. The molecule has 0 N–H and O–H groups in total. The third kappa shape index (κ3) is 10.1. The van der Waals surface area contributed by atoms with Gasteiger partial charge in [-0.3, -0.25) is 14.5 Å². The van der Waals surface area contributed by atoms with E-state index in [9.17, 15) is 9.59 Å². The Labute approximate surface area is 148 Å². The molecule has 4 nitrogen and oxygen atoms in total. The molecule has 1 rings (SSSR count). The molecule has 1 fully saturated rings. The molecule has 1 saturated heterocycles. The van der Waals surface area contributed by atoms with Gasteiger partial charge in [0.25, 0.3) is 0 Å². The highest BCUT2D eigenvalue weighted by Gasteiger charge is 2.26.